The standard InChI is InChI=1S/C22H22N4O/c1-15-16(2)26(13-17-7-4-3-5-8-17)21-20(15)12-24-25-22(21)27-14-18-9-6-10-19(23)11-18/h3-12H,13-14,23H2,1-2H3. The first kappa shape index (κ1) is 17.1. The Balaban J connectivity index is 1.73. The zero-order valence-electron chi connectivity index (χ0n) is 15.5. The van der Waals surface area contributed by atoms with E-state index in [9.17, 15) is 0 Å². The highest BCUT2D eigenvalue weighted by atomic mass is 16.5. The number of nitrogens with two attached hydrogens (primary N) is 1. The van der Waals surface area contributed by atoms with E-state index in [0.717, 1.165) is 28.7 Å². The SMILES string of the molecule is Cc1c(C)n(Cc2ccccc2)c2c(OCc3cccc(N)c3)nncc12. The fourth-order valence-electron chi connectivity index (χ4n) is 3.36. The van der Waals surface area contributed by atoms with E-state index in [4.69, 9.17) is 10.5 Å². The van der Waals surface area contributed by atoms with Gasteiger partial charge in [0.25, 0.3) is 5.88 Å². The van der Waals surface area contributed by atoms with Gasteiger partial charge in [0.1, 0.15) is 12.1 Å². The van der Waals surface area contributed by atoms with E-state index in [-0.39, 0.29) is 0 Å². The molecule has 136 valence electrons. The predicted octanol–water partition coefficient (Wildman–Crippen LogP) is 4.26. The van der Waals surface area contributed by atoms with Crippen LogP contribution in [0.4, 0.5) is 5.69 Å². The van der Waals surface area contributed by atoms with Crippen LogP contribution < -0.4 is 10.5 Å². The Kier molecular flexibility index (Phi) is 4.50. The summed E-state index contributed by atoms with van der Waals surface area (Å²) in [5.41, 5.74) is 12.2. The van der Waals surface area contributed by atoms with Gasteiger partial charge >= 0.3 is 0 Å². The van der Waals surface area contributed by atoms with Gasteiger partial charge in [-0.25, -0.2) is 0 Å². The third-order valence-corrected chi connectivity index (χ3v) is 4.92. The van der Waals surface area contributed by atoms with Crippen LogP contribution in [-0.2, 0) is 13.2 Å². The Morgan fingerprint density at radius 1 is 1.00 bits per heavy atom. The molecule has 0 atom stereocenters. The third-order valence-electron chi connectivity index (χ3n) is 4.92. The summed E-state index contributed by atoms with van der Waals surface area (Å²) in [5.74, 6) is 0.544. The number of nitrogens with zero attached hydrogens (tertiary/aromatic N) is 3. The molecule has 2 N–H and O–H groups in total. The lowest BCUT2D eigenvalue weighted by Gasteiger charge is -2.12. The lowest BCUT2D eigenvalue weighted by molar-refractivity contribution is 0.293. The highest BCUT2D eigenvalue weighted by Gasteiger charge is 2.17. The molecule has 0 saturated carbocycles. The summed E-state index contributed by atoms with van der Waals surface area (Å²) >= 11 is 0. The second kappa shape index (κ2) is 7.11. The molecule has 4 rings (SSSR count). The fourth-order valence-corrected chi connectivity index (χ4v) is 3.36. The zero-order valence-corrected chi connectivity index (χ0v) is 15.5. The van der Waals surface area contributed by atoms with Crippen LogP contribution in [0.15, 0.2) is 60.8 Å². The van der Waals surface area contributed by atoms with Crippen molar-refractivity contribution in [1.29, 1.82) is 0 Å². The third kappa shape index (κ3) is 3.36. The van der Waals surface area contributed by atoms with Gasteiger partial charge in [0.2, 0.25) is 0 Å². The lowest BCUT2D eigenvalue weighted by atomic mass is 10.2. The average molecular weight is 358 g/mol. The van der Waals surface area contributed by atoms with Gasteiger partial charge in [0.15, 0.2) is 0 Å². The van der Waals surface area contributed by atoms with Crippen molar-refractivity contribution in [2.24, 2.45) is 0 Å². The highest BCUT2D eigenvalue weighted by molar-refractivity contribution is 5.88. The maximum atomic E-state index is 6.06. The molecule has 0 radical (unpaired) electrons. The van der Waals surface area contributed by atoms with E-state index in [1.54, 1.807) is 0 Å². The Morgan fingerprint density at radius 2 is 1.78 bits per heavy atom. The number of hydrogen-bond acceptors (Lipinski definition) is 4. The van der Waals surface area contributed by atoms with Gasteiger partial charge in [-0.05, 0) is 42.7 Å². The van der Waals surface area contributed by atoms with E-state index < -0.39 is 0 Å². The smallest absolute Gasteiger partial charge is 0.258 e. The van der Waals surface area contributed by atoms with Crippen molar-refractivity contribution in [2.75, 3.05) is 5.73 Å². The van der Waals surface area contributed by atoms with E-state index >= 15 is 0 Å². The number of hydrogen-bond donors (Lipinski definition) is 1. The van der Waals surface area contributed by atoms with Crippen molar-refractivity contribution in [3.63, 3.8) is 0 Å². The second-order valence-electron chi connectivity index (χ2n) is 6.73. The van der Waals surface area contributed by atoms with Crippen molar-refractivity contribution < 1.29 is 4.74 Å². The summed E-state index contributed by atoms with van der Waals surface area (Å²) in [4.78, 5) is 0. The Morgan fingerprint density at radius 3 is 2.56 bits per heavy atom. The van der Waals surface area contributed by atoms with Crippen molar-refractivity contribution in [2.45, 2.75) is 27.0 Å². The molecule has 2 aromatic heterocycles. The minimum Gasteiger partial charge on any atom is -0.470 e. The highest BCUT2D eigenvalue weighted by Crippen LogP contribution is 2.31. The summed E-state index contributed by atoms with van der Waals surface area (Å²) in [6.45, 7) is 5.40. The van der Waals surface area contributed by atoms with Crippen LogP contribution >= 0.6 is 0 Å². The first-order chi connectivity index (χ1) is 13.1. The number of anilines is 1. The van der Waals surface area contributed by atoms with Crippen molar-refractivity contribution in [3.05, 3.63) is 83.2 Å². The summed E-state index contributed by atoms with van der Waals surface area (Å²) < 4.78 is 8.31. The molecule has 2 aromatic carbocycles. The molecule has 0 spiro atoms. The molecule has 0 aliphatic rings. The van der Waals surface area contributed by atoms with Gasteiger partial charge in [-0.1, -0.05) is 42.5 Å². The number of nitrogen functional groups attached to an aromatic ring is 1. The minimum atomic E-state index is 0.396. The maximum absolute atomic E-state index is 6.06. The van der Waals surface area contributed by atoms with Gasteiger partial charge in [0, 0.05) is 23.3 Å². The van der Waals surface area contributed by atoms with Gasteiger partial charge in [-0.2, -0.15) is 5.10 Å². The molecule has 0 aliphatic heterocycles. The Bertz CT molecular complexity index is 1090. The number of fused-ring (bicyclic) bond motifs is 1. The van der Waals surface area contributed by atoms with Crippen LogP contribution in [0.3, 0.4) is 0 Å². The summed E-state index contributed by atoms with van der Waals surface area (Å²) in [6.07, 6.45) is 1.81. The van der Waals surface area contributed by atoms with Crippen LogP contribution in [0.1, 0.15) is 22.4 Å². The van der Waals surface area contributed by atoms with E-state index in [1.165, 1.54) is 16.8 Å². The van der Waals surface area contributed by atoms with Crippen LogP contribution in [0, 0.1) is 13.8 Å². The maximum Gasteiger partial charge on any atom is 0.258 e. The van der Waals surface area contributed by atoms with Crippen molar-refractivity contribution in [1.82, 2.24) is 14.8 Å². The van der Waals surface area contributed by atoms with E-state index in [2.05, 4.69) is 52.9 Å². The largest absolute Gasteiger partial charge is 0.470 e. The van der Waals surface area contributed by atoms with Gasteiger partial charge in [-0.3, -0.25) is 0 Å². The Hall–Kier alpha value is -3.34. The minimum absolute atomic E-state index is 0.396. The summed E-state index contributed by atoms with van der Waals surface area (Å²) in [5, 5.41) is 9.50. The Labute approximate surface area is 158 Å². The second-order valence-corrected chi connectivity index (χ2v) is 6.73. The van der Waals surface area contributed by atoms with Crippen LogP contribution in [0.5, 0.6) is 5.88 Å². The molecule has 2 heterocycles. The fraction of sp³-hybridized carbons (Fsp3) is 0.182. The molecule has 27 heavy (non-hydrogen) atoms. The van der Waals surface area contributed by atoms with Gasteiger partial charge < -0.3 is 15.0 Å². The molecule has 5 nitrogen and oxygen atoms in total. The van der Waals surface area contributed by atoms with Crippen LogP contribution in [0.2, 0.25) is 0 Å². The molecular formula is C22H22N4O. The molecular weight excluding hydrogens is 336 g/mol. The zero-order chi connectivity index (χ0) is 18.8. The molecule has 0 saturated heterocycles. The van der Waals surface area contributed by atoms with Gasteiger partial charge in [-0.15, -0.1) is 5.10 Å². The van der Waals surface area contributed by atoms with Crippen molar-refractivity contribution in [3.8, 4) is 5.88 Å². The monoisotopic (exact) mass is 358 g/mol. The van der Waals surface area contributed by atoms with E-state index in [0.29, 0.717) is 12.5 Å². The van der Waals surface area contributed by atoms with E-state index in [1.807, 2.05) is 36.5 Å². The normalized spacial score (nSPS) is 11.0. The summed E-state index contributed by atoms with van der Waals surface area (Å²) in [6, 6.07) is 18.1. The number of rotatable bonds is 5. The molecule has 0 amide bonds. The average Bonchev–Trinajstić information content (AvgIpc) is 2.93. The van der Waals surface area contributed by atoms with Gasteiger partial charge in [0.05, 0.1) is 6.20 Å². The molecule has 5 heteroatoms. The number of ether oxygens (including phenoxy) is 1. The number of aryl methyl sites for hydroxylation is 1. The molecule has 4 aromatic rings. The quantitative estimate of drug-likeness (QED) is 0.542. The molecule has 0 fully saturated rings. The molecule has 0 aliphatic carbocycles. The number of benzene rings is 2. The molecule has 0 bridgehead atoms. The topological polar surface area (TPSA) is 66.0 Å². The first-order valence-electron chi connectivity index (χ1n) is 8.95. The predicted molar refractivity (Wildman–Crippen MR) is 108 cm³/mol. The summed E-state index contributed by atoms with van der Waals surface area (Å²) in [7, 11) is 0. The van der Waals surface area contributed by atoms with Crippen LogP contribution in [0.25, 0.3) is 10.9 Å². The van der Waals surface area contributed by atoms with Crippen LogP contribution in [-0.4, -0.2) is 14.8 Å². The number of aromatic nitrogens is 3. The first-order valence-corrected chi connectivity index (χ1v) is 8.95. The lowest BCUT2D eigenvalue weighted by Crippen LogP contribution is -2.05. The molecule has 0 unspecified atom stereocenters. The van der Waals surface area contributed by atoms with Crippen molar-refractivity contribution >= 4 is 16.6 Å².